The van der Waals surface area contributed by atoms with Gasteiger partial charge in [-0.1, -0.05) is 17.7 Å². The predicted molar refractivity (Wildman–Crippen MR) is 62.5 cm³/mol. The zero-order valence-electron chi connectivity index (χ0n) is 7.05. The van der Waals surface area contributed by atoms with Gasteiger partial charge in [0.05, 0.1) is 0 Å². The first-order valence-electron chi connectivity index (χ1n) is 4.18. The number of halogens is 2. The number of nitrogens with zero attached hydrogens (tertiary/aromatic N) is 1. The van der Waals surface area contributed by atoms with E-state index in [1.807, 2.05) is 18.2 Å². The molecule has 1 aromatic heterocycles. The molecule has 0 fully saturated rings. The van der Waals surface area contributed by atoms with Crippen LogP contribution in [0.15, 0.2) is 22.6 Å². The van der Waals surface area contributed by atoms with Crippen LogP contribution >= 0.6 is 34.2 Å². The summed E-state index contributed by atoms with van der Waals surface area (Å²) >= 11 is 8.00. The number of hydrogen-bond acceptors (Lipinski definition) is 2. The number of hydrogen-bond donors (Lipinski definition) is 0. The second-order valence-corrected chi connectivity index (χ2v) is 4.58. The first-order valence-corrected chi connectivity index (χ1v) is 5.64. The molecular weight excluding hydrogens is 312 g/mol. The highest BCUT2D eigenvalue weighted by molar-refractivity contribution is 14.1. The Balaban J connectivity index is 2.25. The van der Waals surface area contributed by atoms with Gasteiger partial charge in [0, 0.05) is 39.6 Å². The molecule has 70 valence electrons. The third kappa shape index (κ3) is 1.19. The van der Waals surface area contributed by atoms with Crippen molar-refractivity contribution in [1.82, 2.24) is 4.98 Å². The van der Waals surface area contributed by atoms with Crippen molar-refractivity contribution >= 4 is 34.2 Å². The Kier molecular flexibility index (Phi) is 1.85. The standard InChI is InChI=1S/C10H5ClINO/c11-6-1-2-7-5(3-6)4-8-9(7)13-10(12)14-8/h1-3H,4H2. The molecule has 0 atom stereocenters. The maximum atomic E-state index is 5.91. The summed E-state index contributed by atoms with van der Waals surface area (Å²) in [4.78, 5) is 4.34. The van der Waals surface area contributed by atoms with Gasteiger partial charge in [0.25, 0.3) is 3.90 Å². The van der Waals surface area contributed by atoms with Gasteiger partial charge in [-0.25, -0.2) is 4.98 Å². The van der Waals surface area contributed by atoms with Crippen LogP contribution in [0.3, 0.4) is 0 Å². The number of oxazole rings is 1. The van der Waals surface area contributed by atoms with E-state index in [1.165, 1.54) is 5.56 Å². The number of aromatic nitrogens is 1. The summed E-state index contributed by atoms with van der Waals surface area (Å²) in [6, 6.07) is 5.86. The van der Waals surface area contributed by atoms with Crippen LogP contribution in [0.4, 0.5) is 0 Å². The largest absolute Gasteiger partial charge is 0.436 e. The molecule has 1 aliphatic carbocycles. The van der Waals surface area contributed by atoms with E-state index in [-0.39, 0.29) is 0 Å². The third-order valence-electron chi connectivity index (χ3n) is 2.34. The van der Waals surface area contributed by atoms with Crippen LogP contribution in [0.25, 0.3) is 11.3 Å². The Bertz CT molecular complexity index is 521. The second kappa shape index (κ2) is 2.97. The van der Waals surface area contributed by atoms with Crippen LogP contribution in [-0.4, -0.2) is 4.98 Å². The highest BCUT2D eigenvalue weighted by Gasteiger charge is 2.24. The van der Waals surface area contributed by atoms with Gasteiger partial charge in [0.15, 0.2) is 0 Å². The number of rotatable bonds is 0. The van der Waals surface area contributed by atoms with Crippen LogP contribution in [0.2, 0.25) is 5.02 Å². The lowest BCUT2D eigenvalue weighted by Gasteiger charge is -1.97. The molecule has 2 aromatic rings. The monoisotopic (exact) mass is 317 g/mol. The molecule has 0 amide bonds. The molecule has 2 nitrogen and oxygen atoms in total. The van der Waals surface area contributed by atoms with Crippen molar-refractivity contribution in [2.24, 2.45) is 0 Å². The predicted octanol–water partition coefficient (Wildman–Crippen LogP) is 3.50. The zero-order valence-corrected chi connectivity index (χ0v) is 9.96. The summed E-state index contributed by atoms with van der Waals surface area (Å²) in [5.41, 5.74) is 3.33. The molecule has 0 bridgehead atoms. The summed E-state index contributed by atoms with van der Waals surface area (Å²) in [5, 5.41) is 0.767. The average Bonchev–Trinajstić information content (AvgIpc) is 2.59. The molecule has 1 aliphatic rings. The number of benzene rings is 1. The van der Waals surface area contributed by atoms with Gasteiger partial charge in [-0.15, -0.1) is 0 Å². The highest BCUT2D eigenvalue weighted by Crippen LogP contribution is 2.37. The summed E-state index contributed by atoms with van der Waals surface area (Å²) in [6.07, 6.45) is 0.807. The summed E-state index contributed by atoms with van der Waals surface area (Å²) < 4.78 is 6.18. The van der Waals surface area contributed by atoms with Crippen LogP contribution < -0.4 is 0 Å². The Morgan fingerprint density at radius 1 is 1.43 bits per heavy atom. The van der Waals surface area contributed by atoms with Gasteiger partial charge in [-0.2, -0.15) is 0 Å². The normalized spacial score (nSPS) is 12.7. The van der Waals surface area contributed by atoms with E-state index in [9.17, 15) is 0 Å². The van der Waals surface area contributed by atoms with Crippen molar-refractivity contribution in [3.63, 3.8) is 0 Å². The van der Waals surface area contributed by atoms with E-state index in [0.717, 1.165) is 28.5 Å². The van der Waals surface area contributed by atoms with Crippen molar-refractivity contribution in [1.29, 1.82) is 0 Å². The van der Waals surface area contributed by atoms with E-state index in [4.69, 9.17) is 16.0 Å². The fraction of sp³-hybridized carbons (Fsp3) is 0.100. The smallest absolute Gasteiger partial charge is 0.257 e. The van der Waals surface area contributed by atoms with Crippen molar-refractivity contribution in [3.05, 3.63) is 38.4 Å². The van der Waals surface area contributed by atoms with Crippen molar-refractivity contribution in [3.8, 4) is 11.3 Å². The lowest BCUT2D eigenvalue weighted by atomic mass is 10.1. The summed E-state index contributed by atoms with van der Waals surface area (Å²) in [5.74, 6) is 0.951. The molecule has 3 rings (SSSR count). The topological polar surface area (TPSA) is 26.0 Å². The molecule has 4 heteroatoms. The fourth-order valence-electron chi connectivity index (χ4n) is 1.77. The molecule has 14 heavy (non-hydrogen) atoms. The van der Waals surface area contributed by atoms with E-state index in [1.54, 1.807) is 0 Å². The lowest BCUT2D eigenvalue weighted by molar-refractivity contribution is 0.488. The summed E-state index contributed by atoms with van der Waals surface area (Å²) in [7, 11) is 0. The molecule has 1 heterocycles. The van der Waals surface area contributed by atoms with Gasteiger partial charge >= 0.3 is 0 Å². The van der Waals surface area contributed by atoms with Gasteiger partial charge in [0.1, 0.15) is 11.5 Å². The third-order valence-corrected chi connectivity index (χ3v) is 3.04. The molecular formula is C10H5ClINO. The van der Waals surface area contributed by atoms with E-state index in [0.29, 0.717) is 3.90 Å². The average molecular weight is 318 g/mol. The fourth-order valence-corrected chi connectivity index (χ4v) is 2.47. The minimum Gasteiger partial charge on any atom is -0.436 e. The SMILES string of the molecule is Clc1ccc2c(c1)Cc1oc(I)nc1-2. The molecule has 0 aliphatic heterocycles. The first kappa shape index (κ1) is 8.73. The van der Waals surface area contributed by atoms with Crippen molar-refractivity contribution < 1.29 is 4.42 Å². The summed E-state index contributed by atoms with van der Waals surface area (Å²) in [6.45, 7) is 0. The quantitative estimate of drug-likeness (QED) is 0.593. The maximum Gasteiger partial charge on any atom is 0.257 e. The Labute approximate surface area is 99.4 Å². The molecule has 0 saturated carbocycles. The van der Waals surface area contributed by atoms with Crippen LogP contribution in [0.1, 0.15) is 11.3 Å². The van der Waals surface area contributed by atoms with Gasteiger partial charge in [-0.3, -0.25) is 0 Å². The molecule has 0 radical (unpaired) electrons. The zero-order chi connectivity index (χ0) is 9.71. The molecule has 1 aromatic carbocycles. The Hall–Kier alpha value is -0.550. The Morgan fingerprint density at radius 3 is 3.14 bits per heavy atom. The number of fused-ring (bicyclic) bond motifs is 3. The molecule has 0 N–H and O–H groups in total. The van der Waals surface area contributed by atoms with Gasteiger partial charge < -0.3 is 4.42 Å². The molecule has 0 saturated heterocycles. The molecule has 0 spiro atoms. The van der Waals surface area contributed by atoms with Crippen LogP contribution in [-0.2, 0) is 6.42 Å². The minimum atomic E-state index is 0.702. The Morgan fingerprint density at radius 2 is 2.29 bits per heavy atom. The lowest BCUT2D eigenvalue weighted by Crippen LogP contribution is -1.81. The highest BCUT2D eigenvalue weighted by atomic mass is 127. The maximum absolute atomic E-state index is 5.91. The van der Waals surface area contributed by atoms with Gasteiger partial charge in [-0.05, 0) is 17.7 Å². The second-order valence-electron chi connectivity index (χ2n) is 3.22. The molecule has 0 unspecified atom stereocenters. The van der Waals surface area contributed by atoms with Crippen LogP contribution in [0, 0.1) is 3.90 Å². The minimum absolute atomic E-state index is 0.702. The van der Waals surface area contributed by atoms with Crippen molar-refractivity contribution in [2.45, 2.75) is 6.42 Å². The van der Waals surface area contributed by atoms with E-state index >= 15 is 0 Å². The first-order chi connectivity index (χ1) is 6.74. The van der Waals surface area contributed by atoms with E-state index < -0.39 is 0 Å². The van der Waals surface area contributed by atoms with Crippen molar-refractivity contribution in [2.75, 3.05) is 0 Å². The van der Waals surface area contributed by atoms with E-state index in [2.05, 4.69) is 27.6 Å². The van der Waals surface area contributed by atoms with Gasteiger partial charge in [0.2, 0.25) is 0 Å². The van der Waals surface area contributed by atoms with Crippen LogP contribution in [0.5, 0.6) is 0 Å².